The van der Waals surface area contributed by atoms with Crippen molar-refractivity contribution in [2.45, 2.75) is 44.4 Å². The molecule has 0 aromatic carbocycles. The van der Waals surface area contributed by atoms with E-state index in [-0.39, 0.29) is 12.5 Å². The molecule has 1 saturated heterocycles. The van der Waals surface area contributed by atoms with Crippen LogP contribution in [-0.2, 0) is 14.3 Å². The Bertz CT molecular complexity index is 647. The summed E-state index contributed by atoms with van der Waals surface area (Å²) >= 11 is 0. The van der Waals surface area contributed by atoms with Crippen LogP contribution in [0, 0.1) is 5.92 Å². The summed E-state index contributed by atoms with van der Waals surface area (Å²) in [5.74, 6) is -2.36. The first kappa shape index (κ1) is 19.1. The summed E-state index contributed by atoms with van der Waals surface area (Å²) in [6.45, 7) is 3.17. The summed E-state index contributed by atoms with van der Waals surface area (Å²) in [5, 5.41) is 30.1. The molecule has 0 saturated carbocycles. The SMILES string of the molecule is CC(C)[C@H](N)C(=O)OC[C@H]1O[C@@H](n2cnc(C(N)=O)c2O)[C@H](O)C1O. The van der Waals surface area contributed by atoms with Crippen molar-refractivity contribution in [1.82, 2.24) is 9.55 Å². The normalized spacial score (nSPS) is 27.4. The molecular formula is C14H22N4O7. The van der Waals surface area contributed by atoms with Crippen molar-refractivity contribution in [1.29, 1.82) is 0 Å². The fourth-order valence-electron chi connectivity index (χ4n) is 2.34. The van der Waals surface area contributed by atoms with Gasteiger partial charge < -0.3 is 36.3 Å². The van der Waals surface area contributed by atoms with E-state index in [0.29, 0.717) is 0 Å². The Labute approximate surface area is 143 Å². The fraction of sp³-hybridized carbons (Fsp3) is 0.643. The van der Waals surface area contributed by atoms with Gasteiger partial charge in [-0.05, 0) is 5.92 Å². The monoisotopic (exact) mass is 358 g/mol. The van der Waals surface area contributed by atoms with Crippen molar-refractivity contribution in [3.8, 4) is 5.88 Å². The molecule has 1 fully saturated rings. The maximum atomic E-state index is 11.8. The zero-order valence-corrected chi connectivity index (χ0v) is 13.8. The van der Waals surface area contributed by atoms with Crippen LogP contribution in [0.4, 0.5) is 0 Å². The molecule has 1 amide bonds. The van der Waals surface area contributed by atoms with Crippen molar-refractivity contribution >= 4 is 11.9 Å². The van der Waals surface area contributed by atoms with Gasteiger partial charge in [-0.1, -0.05) is 13.8 Å². The Morgan fingerprint density at radius 2 is 2.04 bits per heavy atom. The van der Waals surface area contributed by atoms with Crippen molar-refractivity contribution in [2.24, 2.45) is 17.4 Å². The smallest absolute Gasteiger partial charge is 0.323 e. The van der Waals surface area contributed by atoms with Gasteiger partial charge in [-0.3, -0.25) is 14.2 Å². The number of aliphatic hydroxyl groups is 2. The molecule has 11 nitrogen and oxygen atoms in total. The first-order valence-electron chi connectivity index (χ1n) is 7.64. The maximum absolute atomic E-state index is 11.8. The van der Waals surface area contributed by atoms with Crippen LogP contribution in [0.5, 0.6) is 5.88 Å². The van der Waals surface area contributed by atoms with E-state index in [9.17, 15) is 24.9 Å². The predicted octanol–water partition coefficient (Wildman–Crippen LogP) is -2.17. The number of imidazole rings is 1. The third-order valence-corrected chi connectivity index (χ3v) is 3.99. The van der Waals surface area contributed by atoms with Gasteiger partial charge >= 0.3 is 5.97 Å². The molecule has 1 aliphatic rings. The summed E-state index contributed by atoms with van der Waals surface area (Å²) in [6.07, 6.45) is -4.10. The zero-order chi connectivity index (χ0) is 18.9. The van der Waals surface area contributed by atoms with Crippen LogP contribution in [0.2, 0.25) is 0 Å². The summed E-state index contributed by atoms with van der Waals surface area (Å²) in [6, 6.07) is -0.824. The first-order valence-corrected chi connectivity index (χ1v) is 7.64. The summed E-state index contributed by atoms with van der Waals surface area (Å²) < 4.78 is 11.4. The lowest BCUT2D eigenvalue weighted by molar-refractivity contribution is -0.152. The number of carbonyl (C=O) groups excluding carboxylic acids is 2. The lowest BCUT2D eigenvalue weighted by atomic mass is 10.1. The molecule has 25 heavy (non-hydrogen) atoms. The lowest BCUT2D eigenvalue weighted by Crippen LogP contribution is -2.40. The topological polar surface area (TPSA) is 183 Å². The largest absolute Gasteiger partial charge is 0.493 e. The van der Waals surface area contributed by atoms with E-state index < -0.39 is 54.0 Å². The van der Waals surface area contributed by atoms with Gasteiger partial charge in [0.25, 0.3) is 5.91 Å². The van der Waals surface area contributed by atoms with Crippen LogP contribution in [0.1, 0.15) is 30.6 Å². The van der Waals surface area contributed by atoms with E-state index in [1.165, 1.54) is 0 Å². The molecule has 1 aromatic heterocycles. The van der Waals surface area contributed by atoms with Gasteiger partial charge in [0, 0.05) is 0 Å². The zero-order valence-electron chi connectivity index (χ0n) is 13.8. The molecule has 1 unspecified atom stereocenters. The number of hydrogen-bond donors (Lipinski definition) is 5. The van der Waals surface area contributed by atoms with Crippen molar-refractivity contribution in [2.75, 3.05) is 6.61 Å². The number of ether oxygens (including phenoxy) is 2. The standard InChI is InChI=1S/C14H22N4O7/c1-5(2)7(15)14(23)24-3-6-9(19)10(20)13(25-6)18-4-17-8(11(16)21)12(18)22/h4-7,9-10,13,19-20,22H,3,15H2,1-2H3,(H2,16,21)/t6-,7+,9?,10-,13-/m1/s1. The minimum atomic E-state index is -1.46. The van der Waals surface area contributed by atoms with Crippen LogP contribution < -0.4 is 11.5 Å². The van der Waals surface area contributed by atoms with Gasteiger partial charge in [0.15, 0.2) is 11.9 Å². The van der Waals surface area contributed by atoms with Gasteiger partial charge in [-0.15, -0.1) is 0 Å². The molecule has 5 atom stereocenters. The van der Waals surface area contributed by atoms with E-state index >= 15 is 0 Å². The second-order valence-electron chi connectivity index (χ2n) is 6.13. The molecule has 140 valence electrons. The van der Waals surface area contributed by atoms with Crippen LogP contribution in [0.25, 0.3) is 0 Å². The van der Waals surface area contributed by atoms with E-state index in [1.807, 2.05) is 0 Å². The number of primary amides is 1. The Morgan fingerprint density at radius 3 is 2.56 bits per heavy atom. The van der Waals surface area contributed by atoms with Crippen molar-refractivity contribution < 1.29 is 34.4 Å². The minimum Gasteiger partial charge on any atom is -0.493 e. The molecule has 0 spiro atoms. The average molecular weight is 358 g/mol. The second-order valence-corrected chi connectivity index (χ2v) is 6.13. The highest BCUT2D eigenvalue weighted by atomic mass is 16.6. The van der Waals surface area contributed by atoms with Gasteiger partial charge in [0.05, 0.1) is 0 Å². The van der Waals surface area contributed by atoms with Crippen LogP contribution >= 0.6 is 0 Å². The predicted molar refractivity (Wildman–Crippen MR) is 82.1 cm³/mol. The average Bonchev–Trinajstić information content (AvgIpc) is 3.06. The molecule has 0 aliphatic carbocycles. The lowest BCUT2D eigenvalue weighted by Gasteiger charge is -2.18. The Balaban J connectivity index is 2.06. The molecule has 0 radical (unpaired) electrons. The van der Waals surface area contributed by atoms with Gasteiger partial charge in [-0.2, -0.15) is 0 Å². The second kappa shape index (κ2) is 7.35. The molecule has 2 rings (SSSR count). The number of hydrogen-bond acceptors (Lipinski definition) is 9. The number of aliphatic hydroxyl groups excluding tert-OH is 2. The third kappa shape index (κ3) is 3.74. The van der Waals surface area contributed by atoms with E-state index in [0.717, 1.165) is 10.9 Å². The van der Waals surface area contributed by atoms with Gasteiger partial charge in [0.2, 0.25) is 5.88 Å². The number of esters is 1. The van der Waals surface area contributed by atoms with Gasteiger partial charge in [0.1, 0.15) is 37.3 Å². The molecule has 2 heterocycles. The molecular weight excluding hydrogens is 336 g/mol. The first-order chi connectivity index (χ1) is 11.6. The highest BCUT2D eigenvalue weighted by molar-refractivity contribution is 5.93. The fourth-order valence-corrected chi connectivity index (χ4v) is 2.34. The molecule has 0 bridgehead atoms. The summed E-state index contributed by atoms with van der Waals surface area (Å²) in [4.78, 5) is 26.5. The van der Waals surface area contributed by atoms with E-state index in [1.54, 1.807) is 13.8 Å². The molecule has 11 heteroatoms. The van der Waals surface area contributed by atoms with Crippen molar-refractivity contribution in [3.05, 3.63) is 12.0 Å². The number of aromatic hydroxyl groups is 1. The number of nitrogens with two attached hydrogens (primary N) is 2. The van der Waals surface area contributed by atoms with E-state index in [2.05, 4.69) is 4.98 Å². The Hall–Kier alpha value is -2.21. The summed E-state index contributed by atoms with van der Waals surface area (Å²) in [5.41, 5.74) is 10.3. The highest BCUT2D eigenvalue weighted by Gasteiger charge is 2.45. The Morgan fingerprint density at radius 1 is 1.40 bits per heavy atom. The minimum absolute atomic E-state index is 0.129. The third-order valence-electron chi connectivity index (χ3n) is 3.99. The highest BCUT2D eigenvalue weighted by Crippen LogP contribution is 2.33. The molecule has 1 aromatic rings. The maximum Gasteiger partial charge on any atom is 0.323 e. The van der Waals surface area contributed by atoms with E-state index in [4.69, 9.17) is 20.9 Å². The number of carbonyl (C=O) groups is 2. The molecule has 7 N–H and O–H groups in total. The number of nitrogens with zero attached hydrogens (tertiary/aromatic N) is 2. The van der Waals surface area contributed by atoms with Crippen molar-refractivity contribution in [3.63, 3.8) is 0 Å². The van der Waals surface area contributed by atoms with Crippen LogP contribution in [0.3, 0.4) is 0 Å². The van der Waals surface area contributed by atoms with Gasteiger partial charge in [-0.25, -0.2) is 4.98 Å². The molecule has 1 aliphatic heterocycles. The quantitative estimate of drug-likeness (QED) is 0.353. The Kier molecular flexibility index (Phi) is 5.62. The summed E-state index contributed by atoms with van der Waals surface area (Å²) in [7, 11) is 0. The van der Waals surface area contributed by atoms with Crippen LogP contribution in [-0.4, -0.2) is 67.7 Å². The number of rotatable bonds is 6. The van der Waals surface area contributed by atoms with Crippen LogP contribution in [0.15, 0.2) is 6.33 Å². The number of aromatic nitrogens is 2. The number of amides is 1.